The number of unbranched alkanes of at least 4 members (excludes halogenated alkanes) is 1. The van der Waals surface area contributed by atoms with E-state index in [9.17, 15) is 14.9 Å². The van der Waals surface area contributed by atoms with Crippen molar-refractivity contribution >= 4 is 17.3 Å². The predicted molar refractivity (Wildman–Crippen MR) is 118 cm³/mol. The van der Waals surface area contributed by atoms with Crippen LogP contribution in [0.3, 0.4) is 0 Å². The monoisotopic (exact) mass is 410 g/mol. The summed E-state index contributed by atoms with van der Waals surface area (Å²) in [4.78, 5) is 24.0. The van der Waals surface area contributed by atoms with Gasteiger partial charge in [0.15, 0.2) is 0 Å². The van der Waals surface area contributed by atoms with Crippen molar-refractivity contribution in [1.29, 1.82) is 0 Å². The SMILES string of the molecule is CCCCOc1c(C)cc(NC(=O)C2(c3ccc([N+](=O)[O-])cc3)CCCC2)cc1C. The Bertz CT molecular complexity index is 892. The van der Waals surface area contributed by atoms with Crippen LogP contribution in [0.25, 0.3) is 0 Å². The summed E-state index contributed by atoms with van der Waals surface area (Å²) in [7, 11) is 0. The van der Waals surface area contributed by atoms with Crippen molar-refractivity contribution in [3.63, 3.8) is 0 Å². The Balaban J connectivity index is 1.82. The maximum absolute atomic E-state index is 13.4. The zero-order valence-corrected chi connectivity index (χ0v) is 18.0. The molecule has 1 aliphatic carbocycles. The second-order valence-electron chi connectivity index (χ2n) is 8.19. The van der Waals surface area contributed by atoms with E-state index in [0.717, 1.165) is 66.7 Å². The molecule has 0 atom stereocenters. The molecular formula is C24H30N2O4. The van der Waals surface area contributed by atoms with E-state index in [4.69, 9.17) is 4.74 Å². The van der Waals surface area contributed by atoms with E-state index >= 15 is 0 Å². The average molecular weight is 411 g/mol. The van der Waals surface area contributed by atoms with Crippen molar-refractivity contribution < 1.29 is 14.5 Å². The molecule has 2 aromatic rings. The van der Waals surface area contributed by atoms with E-state index in [2.05, 4.69) is 12.2 Å². The van der Waals surface area contributed by atoms with Crippen molar-refractivity contribution in [3.8, 4) is 5.75 Å². The normalized spacial score (nSPS) is 15.0. The van der Waals surface area contributed by atoms with Crippen LogP contribution in [0.2, 0.25) is 0 Å². The smallest absolute Gasteiger partial charge is 0.269 e. The number of nitro benzene ring substituents is 1. The number of nitrogens with one attached hydrogen (secondary N) is 1. The highest BCUT2D eigenvalue weighted by molar-refractivity contribution is 5.99. The number of hydrogen-bond donors (Lipinski definition) is 1. The third-order valence-corrected chi connectivity index (χ3v) is 5.98. The molecule has 1 amide bonds. The molecule has 3 rings (SSSR count). The van der Waals surface area contributed by atoms with Gasteiger partial charge in [0, 0.05) is 17.8 Å². The molecule has 1 N–H and O–H groups in total. The Kier molecular flexibility index (Phi) is 6.75. The number of carbonyl (C=O) groups excluding carboxylic acids is 1. The average Bonchev–Trinajstić information content (AvgIpc) is 3.21. The van der Waals surface area contributed by atoms with Crippen molar-refractivity contribution in [3.05, 3.63) is 63.2 Å². The number of hydrogen-bond acceptors (Lipinski definition) is 4. The number of non-ortho nitro benzene ring substituents is 1. The lowest BCUT2D eigenvalue weighted by Crippen LogP contribution is -2.38. The highest BCUT2D eigenvalue weighted by Gasteiger charge is 2.43. The van der Waals surface area contributed by atoms with Gasteiger partial charge >= 0.3 is 0 Å². The Hall–Kier alpha value is -2.89. The fourth-order valence-corrected chi connectivity index (χ4v) is 4.35. The first kappa shape index (κ1) is 21.8. The Labute approximate surface area is 177 Å². The number of nitrogens with zero attached hydrogens (tertiary/aromatic N) is 1. The molecule has 1 aliphatic rings. The number of carbonyl (C=O) groups is 1. The van der Waals surface area contributed by atoms with Crippen LogP contribution in [0.4, 0.5) is 11.4 Å². The molecule has 0 radical (unpaired) electrons. The highest BCUT2D eigenvalue weighted by Crippen LogP contribution is 2.42. The third-order valence-electron chi connectivity index (χ3n) is 5.98. The first-order valence-electron chi connectivity index (χ1n) is 10.7. The standard InChI is InChI=1S/C24H30N2O4/c1-4-5-14-30-22-17(2)15-20(16-18(22)3)25-23(27)24(12-6-7-13-24)19-8-10-21(11-9-19)26(28)29/h8-11,15-16H,4-7,12-14H2,1-3H3,(H,25,27). The van der Waals surface area contributed by atoms with Crippen LogP contribution >= 0.6 is 0 Å². The first-order chi connectivity index (χ1) is 14.4. The second-order valence-corrected chi connectivity index (χ2v) is 8.19. The summed E-state index contributed by atoms with van der Waals surface area (Å²) in [6.45, 7) is 6.80. The van der Waals surface area contributed by atoms with Crippen LogP contribution in [-0.4, -0.2) is 17.4 Å². The first-order valence-corrected chi connectivity index (χ1v) is 10.7. The zero-order chi connectivity index (χ0) is 21.7. The summed E-state index contributed by atoms with van der Waals surface area (Å²) in [6, 6.07) is 10.3. The Morgan fingerprint density at radius 3 is 2.27 bits per heavy atom. The lowest BCUT2D eigenvalue weighted by molar-refractivity contribution is -0.384. The molecule has 160 valence electrons. The minimum atomic E-state index is -0.646. The Morgan fingerprint density at radius 1 is 1.13 bits per heavy atom. The van der Waals surface area contributed by atoms with Gasteiger partial charge in [-0.2, -0.15) is 0 Å². The van der Waals surface area contributed by atoms with Gasteiger partial charge in [0.05, 0.1) is 16.9 Å². The molecule has 6 nitrogen and oxygen atoms in total. The molecule has 6 heteroatoms. The summed E-state index contributed by atoms with van der Waals surface area (Å²) in [5.74, 6) is 0.833. The molecule has 0 aromatic heterocycles. The van der Waals surface area contributed by atoms with Gasteiger partial charge in [-0.25, -0.2) is 0 Å². The molecule has 1 saturated carbocycles. The minimum Gasteiger partial charge on any atom is -0.493 e. The molecule has 2 aromatic carbocycles. The number of rotatable bonds is 8. The molecule has 1 fully saturated rings. The molecular weight excluding hydrogens is 380 g/mol. The molecule has 0 unspecified atom stereocenters. The van der Waals surface area contributed by atoms with Crippen LogP contribution < -0.4 is 10.1 Å². The van der Waals surface area contributed by atoms with Crippen LogP contribution in [0.5, 0.6) is 5.75 Å². The number of anilines is 1. The van der Waals surface area contributed by atoms with Crippen LogP contribution in [0.15, 0.2) is 36.4 Å². The summed E-state index contributed by atoms with van der Waals surface area (Å²) in [6.07, 6.45) is 5.51. The predicted octanol–water partition coefficient (Wildman–Crippen LogP) is 5.84. The van der Waals surface area contributed by atoms with E-state index in [-0.39, 0.29) is 11.6 Å². The summed E-state index contributed by atoms with van der Waals surface area (Å²) in [5, 5.41) is 14.1. The molecule has 0 aliphatic heterocycles. The van der Waals surface area contributed by atoms with E-state index < -0.39 is 10.3 Å². The topological polar surface area (TPSA) is 81.5 Å². The van der Waals surface area contributed by atoms with Crippen molar-refractivity contribution in [1.82, 2.24) is 0 Å². The number of ether oxygens (including phenoxy) is 1. The summed E-state index contributed by atoms with van der Waals surface area (Å²) < 4.78 is 5.92. The van der Waals surface area contributed by atoms with Crippen molar-refractivity contribution in [2.75, 3.05) is 11.9 Å². The Morgan fingerprint density at radius 2 is 1.73 bits per heavy atom. The number of amides is 1. The van der Waals surface area contributed by atoms with Gasteiger partial charge in [0.2, 0.25) is 5.91 Å². The van der Waals surface area contributed by atoms with Crippen LogP contribution in [-0.2, 0) is 10.2 Å². The summed E-state index contributed by atoms with van der Waals surface area (Å²) >= 11 is 0. The van der Waals surface area contributed by atoms with Crippen molar-refractivity contribution in [2.24, 2.45) is 0 Å². The van der Waals surface area contributed by atoms with Gasteiger partial charge in [-0.3, -0.25) is 14.9 Å². The van der Waals surface area contributed by atoms with E-state index in [1.54, 1.807) is 12.1 Å². The van der Waals surface area contributed by atoms with Gasteiger partial charge < -0.3 is 10.1 Å². The third kappa shape index (κ3) is 4.48. The highest BCUT2D eigenvalue weighted by atomic mass is 16.6. The number of benzene rings is 2. The quantitative estimate of drug-likeness (QED) is 0.337. The van der Waals surface area contributed by atoms with Crippen molar-refractivity contribution in [2.45, 2.75) is 64.7 Å². The van der Waals surface area contributed by atoms with E-state index in [1.165, 1.54) is 12.1 Å². The fraction of sp³-hybridized carbons (Fsp3) is 0.458. The maximum atomic E-state index is 13.4. The van der Waals surface area contributed by atoms with Gasteiger partial charge in [0.1, 0.15) is 5.75 Å². The molecule has 0 bridgehead atoms. The molecule has 0 heterocycles. The fourth-order valence-electron chi connectivity index (χ4n) is 4.35. The zero-order valence-electron chi connectivity index (χ0n) is 18.0. The van der Waals surface area contributed by atoms with Gasteiger partial charge in [-0.1, -0.05) is 38.3 Å². The number of nitro groups is 1. The maximum Gasteiger partial charge on any atom is 0.269 e. The minimum absolute atomic E-state index is 0.0391. The van der Waals surface area contributed by atoms with Crippen LogP contribution in [0, 0.1) is 24.0 Å². The largest absolute Gasteiger partial charge is 0.493 e. The molecule has 30 heavy (non-hydrogen) atoms. The summed E-state index contributed by atoms with van der Waals surface area (Å²) in [5.41, 5.74) is 2.99. The van der Waals surface area contributed by atoms with Crippen LogP contribution in [0.1, 0.15) is 62.1 Å². The second kappa shape index (κ2) is 9.28. The lowest BCUT2D eigenvalue weighted by Gasteiger charge is -2.28. The molecule has 0 saturated heterocycles. The van der Waals surface area contributed by atoms with Gasteiger partial charge in [-0.15, -0.1) is 0 Å². The van der Waals surface area contributed by atoms with E-state index in [1.807, 2.05) is 26.0 Å². The lowest BCUT2D eigenvalue weighted by atomic mass is 9.78. The molecule has 0 spiro atoms. The van der Waals surface area contributed by atoms with Gasteiger partial charge in [-0.05, 0) is 61.9 Å². The number of aryl methyl sites for hydroxylation is 2. The van der Waals surface area contributed by atoms with E-state index in [0.29, 0.717) is 6.61 Å². The van der Waals surface area contributed by atoms with Gasteiger partial charge in [0.25, 0.3) is 5.69 Å².